The van der Waals surface area contributed by atoms with Crippen LogP contribution in [0.2, 0.25) is 0 Å². The number of rotatable bonds is 8. The first-order chi connectivity index (χ1) is 13.3. The van der Waals surface area contributed by atoms with Gasteiger partial charge in [-0.05, 0) is 48.0 Å². The second-order valence-corrected chi connectivity index (χ2v) is 8.66. The predicted molar refractivity (Wildman–Crippen MR) is 105 cm³/mol. The van der Waals surface area contributed by atoms with Gasteiger partial charge in [-0.15, -0.1) is 10.2 Å². The van der Waals surface area contributed by atoms with Crippen molar-refractivity contribution in [3.05, 3.63) is 60.4 Å². The van der Waals surface area contributed by atoms with Gasteiger partial charge in [-0.3, -0.25) is 9.52 Å². The molecule has 0 aliphatic rings. The standard InChI is InChI=1S/C18H18N4O4S2/c1-22-12-19-20-18(22)27-16-5-3-2-4-15(16)21-28(25,26)14-9-6-13(7-10-14)8-11-17(23)24/h2-7,9-10,12,21H,8,11H2,1H3,(H,23,24). The van der Waals surface area contributed by atoms with E-state index < -0.39 is 16.0 Å². The number of aromatic nitrogens is 3. The van der Waals surface area contributed by atoms with Crippen LogP contribution in [-0.2, 0) is 28.3 Å². The molecule has 1 heterocycles. The number of para-hydroxylation sites is 1. The van der Waals surface area contributed by atoms with Crippen molar-refractivity contribution in [1.29, 1.82) is 0 Å². The number of hydrogen-bond acceptors (Lipinski definition) is 6. The van der Waals surface area contributed by atoms with Crippen LogP contribution in [0.1, 0.15) is 12.0 Å². The van der Waals surface area contributed by atoms with Crippen LogP contribution in [-0.4, -0.2) is 34.3 Å². The third-order valence-electron chi connectivity index (χ3n) is 3.86. The Morgan fingerprint density at radius 1 is 1.18 bits per heavy atom. The van der Waals surface area contributed by atoms with Gasteiger partial charge >= 0.3 is 5.97 Å². The number of nitrogens with one attached hydrogen (secondary N) is 1. The number of aryl methyl sites for hydroxylation is 2. The molecule has 1 aromatic heterocycles. The fourth-order valence-electron chi connectivity index (χ4n) is 2.39. The van der Waals surface area contributed by atoms with Gasteiger partial charge in [0.2, 0.25) is 0 Å². The Hall–Kier alpha value is -2.85. The molecular formula is C18H18N4O4S2. The number of hydrogen-bond donors (Lipinski definition) is 2. The molecule has 8 nitrogen and oxygen atoms in total. The molecule has 2 aromatic carbocycles. The Kier molecular flexibility index (Phi) is 6.00. The van der Waals surface area contributed by atoms with Gasteiger partial charge < -0.3 is 9.67 Å². The molecule has 2 N–H and O–H groups in total. The van der Waals surface area contributed by atoms with Gasteiger partial charge in [-0.1, -0.05) is 24.3 Å². The van der Waals surface area contributed by atoms with Crippen LogP contribution in [0.5, 0.6) is 0 Å². The third-order valence-corrected chi connectivity index (χ3v) is 6.37. The van der Waals surface area contributed by atoms with Gasteiger partial charge in [0, 0.05) is 18.4 Å². The number of carboxylic acid groups (broad SMARTS) is 1. The van der Waals surface area contributed by atoms with Crippen LogP contribution in [0.15, 0.2) is 69.8 Å². The molecule has 0 radical (unpaired) electrons. The van der Waals surface area contributed by atoms with Gasteiger partial charge in [-0.25, -0.2) is 8.42 Å². The first-order valence-corrected chi connectivity index (χ1v) is 10.6. The van der Waals surface area contributed by atoms with Crippen LogP contribution in [0.3, 0.4) is 0 Å². The second kappa shape index (κ2) is 8.44. The summed E-state index contributed by atoms with van der Waals surface area (Å²) in [6.07, 6.45) is 1.91. The molecule has 3 aromatic rings. The maximum atomic E-state index is 12.8. The van der Waals surface area contributed by atoms with Gasteiger partial charge in [0.1, 0.15) is 6.33 Å². The lowest BCUT2D eigenvalue weighted by Gasteiger charge is -2.12. The quantitative estimate of drug-likeness (QED) is 0.578. The van der Waals surface area contributed by atoms with Crippen molar-refractivity contribution in [2.75, 3.05) is 4.72 Å². The van der Waals surface area contributed by atoms with E-state index in [-0.39, 0.29) is 11.3 Å². The SMILES string of the molecule is Cn1cnnc1Sc1ccccc1NS(=O)(=O)c1ccc(CCC(=O)O)cc1. The van der Waals surface area contributed by atoms with Gasteiger partial charge in [-0.2, -0.15) is 0 Å². The Bertz CT molecular complexity index is 1080. The van der Waals surface area contributed by atoms with Crippen molar-refractivity contribution in [1.82, 2.24) is 14.8 Å². The maximum absolute atomic E-state index is 12.8. The fraction of sp³-hybridized carbons (Fsp3) is 0.167. The highest BCUT2D eigenvalue weighted by Crippen LogP contribution is 2.33. The van der Waals surface area contributed by atoms with E-state index in [2.05, 4.69) is 14.9 Å². The zero-order chi connectivity index (χ0) is 20.1. The lowest BCUT2D eigenvalue weighted by Crippen LogP contribution is -2.13. The van der Waals surface area contributed by atoms with E-state index in [4.69, 9.17) is 5.11 Å². The van der Waals surface area contributed by atoms with Crippen LogP contribution in [0, 0.1) is 0 Å². The van der Waals surface area contributed by atoms with Crippen molar-refractivity contribution in [3.63, 3.8) is 0 Å². The van der Waals surface area contributed by atoms with E-state index in [1.54, 1.807) is 48.3 Å². The minimum absolute atomic E-state index is 0.00298. The van der Waals surface area contributed by atoms with Crippen molar-refractivity contribution < 1.29 is 18.3 Å². The monoisotopic (exact) mass is 418 g/mol. The molecule has 3 rings (SSSR count). The summed E-state index contributed by atoms with van der Waals surface area (Å²) in [4.78, 5) is 11.4. The van der Waals surface area contributed by atoms with E-state index in [9.17, 15) is 13.2 Å². The molecule has 0 unspecified atom stereocenters. The highest BCUT2D eigenvalue weighted by atomic mass is 32.2. The zero-order valence-electron chi connectivity index (χ0n) is 14.9. The molecule has 146 valence electrons. The molecule has 28 heavy (non-hydrogen) atoms. The number of benzene rings is 2. The molecule has 0 bridgehead atoms. The average Bonchev–Trinajstić information content (AvgIpc) is 3.06. The third kappa shape index (κ3) is 4.90. The molecule has 0 aliphatic heterocycles. The smallest absolute Gasteiger partial charge is 0.303 e. The predicted octanol–water partition coefficient (Wildman–Crippen LogP) is 2.78. The molecule has 0 saturated carbocycles. The van der Waals surface area contributed by atoms with Crippen molar-refractivity contribution in [2.45, 2.75) is 27.8 Å². The first-order valence-electron chi connectivity index (χ1n) is 8.29. The minimum Gasteiger partial charge on any atom is -0.481 e. The zero-order valence-corrected chi connectivity index (χ0v) is 16.6. The summed E-state index contributed by atoms with van der Waals surface area (Å²) in [6, 6.07) is 13.2. The fourth-order valence-corrected chi connectivity index (χ4v) is 4.39. The van der Waals surface area contributed by atoms with Crippen molar-refractivity contribution >= 4 is 33.4 Å². The molecule has 0 atom stereocenters. The van der Waals surface area contributed by atoms with Crippen LogP contribution in [0.25, 0.3) is 0 Å². The van der Waals surface area contributed by atoms with E-state index in [1.807, 2.05) is 6.07 Å². The Morgan fingerprint density at radius 3 is 2.54 bits per heavy atom. The molecule has 0 spiro atoms. The summed E-state index contributed by atoms with van der Waals surface area (Å²) in [5.74, 6) is -0.893. The number of aliphatic carboxylic acids is 1. The van der Waals surface area contributed by atoms with E-state index in [0.29, 0.717) is 22.2 Å². The Morgan fingerprint density at radius 2 is 1.89 bits per heavy atom. The summed E-state index contributed by atoms with van der Waals surface area (Å²) in [7, 11) is -1.99. The Labute approximate surface area is 166 Å². The summed E-state index contributed by atoms with van der Waals surface area (Å²) in [5, 5.41) is 17.2. The highest BCUT2D eigenvalue weighted by Gasteiger charge is 2.17. The van der Waals surface area contributed by atoms with Gasteiger partial charge in [0.15, 0.2) is 5.16 Å². The van der Waals surface area contributed by atoms with Crippen LogP contribution < -0.4 is 4.72 Å². The summed E-state index contributed by atoms with van der Waals surface area (Å²) < 4.78 is 29.9. The topological polar surface area (TPSA) is 114 Å². The summed E-state index contributed by atoms with van der Waals surface area (Å²) >= 11 is 1.30. The van der Waals surface area contributed by atoms with Gasteiger partial charge in [0.05, 0.1) is 10.6 Å². The summed E-state index contributed by atoms with van der Waals surface area (Å²) in [6.45, 7) is 0. The molecule has 0 aliphatic carbocycles. The Balaban J connectivity index is 1.79. The van der Waals surface area contributed by atoms with Crippen LogP contribution >= 0.6 is 11.8 Å². The first kappa shape index (κ1) is 19.9. The largest absolute Gasteiger partial charge is 0.481 e. The van der Waals surface area contributed by atoms with E-state index in [1.165, 1.54) is 23.9 Å². The van der Waals surface area contributed by atoms with E-state index in [0.717, 1.165) is 5.56 Å². The number of carbonyl (C=O) groups is 1. The molecule has 0 fully saturated rings. The minimum atomic E-state index is -3.80. The number of sulfonamides is 1. The lowest BCUT2D eigenvalue weighted by molar-refractivity contribution is -0.136. The number of anilines is 1. The molecular weight excluding hydrogens is 400 g/mol. The van der Waals surface area contributed by atoms with E-state index >= 15 is 0 Å². The average molecular weight is 419 g/mol. The van der Waals surface area contributed by atoms with Crippen molar-refractivity contribution in [3.8, 4) is 0 Å². The highest BCUT2D eigenvalue weighted by molar-refractivity contribution is 7.99. The van der Waals surface area contributed by atoms with Crippen LogP contribution in [0.4, 0.5) is 5.69 Å². The second-order valence-electron chi connectivity index (χ2n) is 5.97. The molecule has 10 heteroatoms. The maximum Gasteiger partial charge on any atom is 0.303 e. The molecule has 0 amide bonds. The number of carboxylic acids is 1. The molecule has 0 saturated heterocycles. The van der Waals surface area contributed by atoms with Gasteiger partial charge in [0.25, 0.3) is 10.0 Å². The lowest BCUT2D eigenvalue weighted by atomic mass is 10.1. The van der Waals surface area contributed by atoms with Crippen molar-refractivity contribution in [2.24, 2.45) is 7.05 Å². The summed E-state index contributed by atoms with van der Waals surface area (Å²) in [5.41, 5.74) is 1.20. The number of nitrogens with zero attached hydrogens (tertiary/aromatic N) is 3. The normalized spacial score (nSPS) is 11.3.